The topological polar surface area (TPSA) is 80.0 Å². The zero-order valence-electron chi connectivity index (χ0n) is 15.6. The van der Waals surface area contributed by atoms with Gasteiger partial charge in [-0.05, 0) is 50.7 Å². The molecule has 2 N–H and O–H groups in total. The summed E-state index contributed by atoms with van der Waals surface area (Å²) in [6, 6.07) is 4.08. The predicted molar refractivity (Wildman–Crippen MR) is 98.5 cm³/mol. The molecule has 2 aliphatic rings. The van der Waals surface area contributed by atoms with E-state index in [9.17, 15) is 9.90 Å². The Labute approximate surface area is 153 Å². The Balaban J connectivity index is 1.69. The van der Waals surface area contributed by atoms with E-state index in [1.807, 2.05) is 16.9 Å². The van der Waals surface area contributed by atoms with E-state index in [1.54, 1.807) is 13.8 Å². The Morgan fingerprint density at radius 1 is 1.42 bits per heavy atom. The molecule has 1 amide bonds. The lowest BCUT2D eigenvalue weighted by Crippen LogP contribution is -2.46. The van der Waals surface area contributed by atoms with Gasteiger partial charge >= 0.3 is 0 Å². The van der Waals surface area contributed by atoms with Crippen LogP contribution in [0.1, 0.15) is 66.8 Å². The lowest BCUT2D eigenvalue weighted by molar-refractivity contribution is 0.0863. The maximum absolute atomic E-state index is 12.8. The summed E-state index contributed by atoms with van der Waals surface area (Å²) >= 11 is 0. The van der Waals surface area contributed by atoms with Crippen LogP contribution in [-0.4, -0.2) is 37.9 Å². The van der Waals surface area contributed by atoms with E-state index in [0.29, 0.717) is 17.5 Å². The van der Waals surface area contributed by atoms with Crippen molar-refractivity contribution in [2.75, 3.05) is 6.61 Å². The van der Waals surface area contributed by atoms with E-state index in [0.717, 1.165) is 36.3 Å². The van der Waals surface area contributed by atoms with Gasteiger partial charge in [-0.2, -0.15) is 5.10 Å². The van der Waals surface area contributed by atoms with Crippen LogP contribution in [0.25, 0.3) is 5.82 Å². The zero-order chi connectivity index (χ0) is 18.5. The minimum atomic E-state index is -0.671. The molecule has 6 heteroatoms. The molecule has 1 fully saturated rings. The number of aryl methyl sites for hydroxylation is 1. The molecule has 0 aromatic carbocycles. The molecular weight excluding hydrogens is 328 g/mol. The second kappa shape index (κ2) is 6.20. The second-order valence-electron chi connectivity index (χ2n) is 8.20. The largest absolute Gasteiger partial charge is 0.394 e. The standard InChI is InChI=1S/C20H26N4O2/c1-4-5-12-6-7-16(21-10-12)24-18-14-8-13(14)9-15(18)17(23-24)19(26)22-20(2,3)11-25/h6-7,10,13-14,25H,4-5,8-9,11H2,1-3H3,(H,22,26)/t13-,14-/m0/s1. The molecule has 2 aromatic rings. The molecule has 26 heavy (non-hydrogen) atoms. The molecule has 0 bridgehead atoms. The molecule has 2 heterocycles. The van der Waals surface area contributed by atoms with Crippen molar-refractivity contribution >= 4 is 5.91 Å². The van der Waals surface area contributed by atoms with E-state index in [4.69, 9.17) is 0 Å². The number of aromatic nitrogens is 3. The smallest absolute Gasteiger partial charge is 0.272 e. The van der Waals surface area contributed by atoms with Gasteiger partial charge in [-0.15, -0.1) is 0 Å². The Kier molecular flexibility index (Phi) is 4.10. The van der Waals surface area contributed by atoms with Gasteiger partial charge in [-0.25, -0.2) is 9.67 Å². The minimum absolute atomic E-state index is 0.118. The van der Waals surface area contributed by atoms with Gasteiger partial charge in [0.2, 0.25) is 0 Å². The first kappa shape index (κ1) is 17.2. The van der Waals surface area contributed by atoms with Crippen LogP contribution in [0.3, 0.4) is 0 Å². The van der Waals surface area contributed by atoms with E-state index in [2.05, 4.69) is 28.4 Å². The maximum Gasteiger partial charge on any atom is 0.272 e. The molecule has 1 saturated carbocycles. The third-order valence-electron chi connectivity index (χ3n) is 5.39. The van der Waals surface area contributed by atoms with Gasteiger partial charge < -0.3 is 10.4 Å². The van der Waals surface area contributed by atoms with Gasteiger partial charge in [-0.3, -0.25) is 4.79 Å². The molecule has 0 saturated heterocycles. The van der Waals surface area contributed by atoms with E-state index < -0.39 is 5.54 Å². The monoisotopic (exact) mass is 354 g/mol. The van der Waals surface area contributed by atoms with Crippen LogP contribution in [0.15, 0.2) is 18.3 Å². The third-order valence-corrected chi connectivity index (χ3v) is 5.39. The zero-order valence-corrected chi connectivity index (χ0v) is 15.6. The lowest BCUT2D eigenvalue weighted by Gasteiger charge is -2.23. The van der Waals surface area contributed by atoms with Crippen LogP contribution in [-0.2, 0) is 12.8 Å². The van der Waals surface area contributed by atoms with Gasteiger partial charge in [0.25, 0.3) is 5.91 Å². The Morgan fingerprint density at radius 3 is 2.88 bits per heavy atom. The number of nitrogens with one attached hydrogen (secondary N) is 1. The van der Waals surface area contributed by atoms with Gasteiger partial charge in [0.05, 0.1) is 17.8 Å². The Hall–Kier alpha value is -2.21. The summed E-state index contributed by atoms with van der Waals surface area (Å²) in [5, 5.41) is 17.0. The summed E-state index contributed by atoms with van der Waals surface area (Å²) in [6.45, 7) is 5.63. The van der Waals surface area contributed by atoms with Gasteiger partial charge in [0, 0.05) is 17.7 Å². The fourth-order valence-corrected chi connectivity index (χ4v) is 3.86. The number of pyridine rings is 1. The predicted octanol–water partition coefficient (Wildman–Crippen LogP) is 2.38. The quantitative estimate of drug-likeness (QED) is 0.835. The van der Waals surface area contributed by atoms with Gasteiger partial charge in [-0.1, -0.05) is 19.4 Å². The average molecular weight is 354 g/mol. The van der Waals surface area contributed by atoms with Crippen molar-refractivity contribution in [1.29, 1.82) is 0 Å². The van der Waals surface area contributed by atoms with Crippen molar-refractivity contribution in [2.24, 2.45) is 5.92 Å². The van der Waals surface area contributed by atoms with Crippen molar-refractivity contribution in [3.05, 3.63) is 40.8 Å². The SMILES string of the molecule is CCCc1ccc(-n2nc(C(=O)NC(C)(C)CO)c3c2[C@H]2C[C@H]2C3)nc1. The Morgan fingerprint density at radius 2 is 2.23 bits per heavy atom. The highest BCUT2D eigenvalue weighted by Crippen LogP contribution is 2.57. The first-order chi connectivity index (χ1) is 12.4. The summed E-state index contributed by atoms with van der Waals surface area (Å²) in [5.74, 6) is 1.70. The van der Waals surface area contributed by atoms with Crippen LogP contribution in [0, 0.1) is 5.92 Å². The molecule has 6 nitrogen and oxygen atoms in total. The molecule has 4 rings (SSSR count). The first-order valence-electron chi connectivity index (χ1n) is 9.44. The normalized spacial score (nSPS) is 20.6. The number of aliphatic hydroxyl groups is 1. The van der Waals surface area contributed by atoms with Gasteiger partial charge in [0.15, 0.2) is 11.5 Å². The van der Waals surface area contributed by atoms with Crippen molar-refractivity contribution in [1.82, 2.24) is 20.1 Å². The highest BCUT2D eigenvalue weighted by Gasteiger charge is 2.50. The van der Waals surface area contributed by atoms with E-state index >= 15 is 0 Å². The van der Waals surface area contributed by atoms with E-state index in [1.165, 1.54) is 12.0 Å². The maximum atomic E-state index is 12.8. The van der Waals surface area contributed by atoms with Crippen molar-refractivity contribution in [3.8, 4) is 5.82 Å². The van der Waals surface area contributed by atoms with E-state index in [-0.39, 0.29) is 12.5 Å². The van der Waals surface area contributed by atoms with Crippen molar-refractivity contribution < 1.29 is 9.90 Å². The number of hydrogen-bond donors (Lipinski definition) is 2. The van der Waals surface area contributed by atoms with Crippen LogP contribution < -0.4 is 5.32 Å². The van der Waals surface area contributed by atoms with Crippen LogP contribution in [0.5, 0.6) is 0 Å². The molecule has 2 aromatic heterocycles. The summed E-state index contributed by atoms with van der Waals surface area (Å²) in [7, 11) is 0. The van der Waals surface area contributed by atoms with Crippen molar-refractivity contribution in [2.45, 2.75) is 57.9 Å². The van der Waals surface area contributed by atoms with Crippen LogP contribution >= 0.6 is 0 Å². The highest BCUT2D eigenvalue weighted by atomic mass is 16.3. The summed E-state index contributed by atoms with van der Waals surface area (Å²) < 4.78 is 1.86. The number of hydrogen-bond acceptors (Lipinski definition) is 4. The summed E-state index contributed by atoms with van der Waals surface area (Å²) in [5.41, 5.74) is 3.23. The molecule has 2 aliphatic carbocycles. The van der Waals surface area contributed by atoms with Crippen molar-refractivity contribution in [3.63, 3.8) is 0 Å². The van der Waals surface area contributed by atoms with Crippen LogP contribution in [0.2, 0.25) is 0 Å². The number of amides is 1. The Bertz CT molecular complexity index is 838. The number of carbonyl (C=O) groups is 1. The molecule has 2 atom stereocenters. The van der Waals surface area contributed by atoms with Gasteiger partial charge in [0.1, 0.15) is 0 Å². The highest BCUT2D eigenvalue weighted by molar-refractivity contribution is 5.95. The first-order valence-corrected chi connectivity index (χ1v) is 9.44. The number of rotatable bonds is 6. The fourth-order valence-electron chi connectivity index (χ4n) is 3.86. The molecule has 0 spiro atoms. The fraction of sp³-hybridized carbons (Fsp3) is 0.550. The summed E-state index contributed by atoms with van der Waals surface area (Å²) in [4.78, 5) is 17.4. The number of fused-ring (bicyclic) bond motifs is 3. The summed E-state index contributed by atoms with van der Waals surface area (Å²) in [6.07, 6.45) is 6.10. The number of carbonyl (C=O) groups excluding carboxylic acids is 1. The minimum Gasteiger partial charge on any atom is -0.394 e. The second-order valence-corrected chi connectivity index (χ2v) is 8.20. The molecule has 0 aliphatic heterocycles. The molecular formula is C20H26N4O2. The van der Waals surface area contributed by atoms with Crippen LogP contribution in [0.4, 0.5) is 0 Å². The molecule has 138 valence electrons. The number of aliphatic hydroxyl groups excluding tert-OH is 1. The average Bonchev–Trinajstić information content (AvgIpc) is 3.11. The molecule has 0 unspecified atom stereocenters. The third kappa shape index (κ3) is 2.92. The molecule has 0 radical (unpaired) electrons. The lowest BCUT2D eigenvalue weighted by atomic mass is 10.1. The number of nitrogens with zero attached hydrogens (tertiary/aromatic N) is 3.